The summed E-state index contributed by atoms with van der Waals surface area (Å²) in [5, 5.41) is 0. The number of alkyl halides is 3. The van der Waals surface area contributed by atoms with Crippen LogP contribution in [-0.2, 0) is 6.18 Å². The van der Waals surface area contributed by atoms with E-state index in [0.717, 1.165) is 18.2 Å². The first-order chi connectivity index (χ1) is 7.38. The summed E-state index contributed by atoms with van der Waals surface area (Å²) < 4.78 is 51.1. The van der Waals surface area contributed by atoms with E-state index in [1.54, 1.807) is 0 Å². The number of hydrogen-bond donors (Lipinski definition) is 2. The molecule has 0 aliphatic heterocycles. The number of benzene rings is 1. The molecule has 1 aromatic carbocycles. The molecule has 16 heavy (non-hydrogen) atoms. The molecule has 0 aliphatic carbocycles. The Balaban J connectivity index is 3.24. The van der Waals surface area contributed by atoms with E-state index in [1.165, 1.54) is 0 Å². The molecular weight excluding hydrogens is 224 g/mol. The Morgan fingerprint density at radius 2 is 1.88 bits per heavy atom. The molecule has 0 bridgehead atoms. The average Bonchev–Trinajstić information content (AvgIpc) is 2.16. The van der Waals surface area contributed by atoms with Crippen LogP contribution in [0, 0.1) is 5.82 Å². The Hall–Kier alpha value is -1.14. The molecule has 0 saturated heterocycles. The topological polar surface area (TPSA) is 52.0 Å². The van der Waals surface area contributed by atoms with E-state index in [1.807, 2.05) is 0 Å². The number of rotatable bonds is 3. The maximum Gasteiger partial charge on any atom is 0.416 e. The quantitative estimate of drug-likeness (QED) is 0.790. The highest BCUT2D eigenvalue weighted by Gasteiger charge is 2.35. The summed E-state index contributed by atoms with van der Waals surface area (Å²) in [6.45, 7) is 0.104. The summed E-state index contributed by atoms with van der Waals surface area (Å²) in [4.78, 5) is 0. The Kier molecular flexibility index (Phi) is 3.88. The Labute approximate surface area is 90.2 Å². The van der Waals surface area contributed by atoms with Gasteiger partial charge in [0.2, 0.25) is 0 Å². The van der Waals surface area contributed by atoms with Crippen molar-refractivity contribution in [2.24, 2.45) is 11.5 Å². The van der Waals surface area contributed by atoms with Crippen molar-refractivity contribution >= 4 is 0 Å². The van der Waals surface area contributed by atoms with Gasteiger partial charge in [-0.05, 0) is 25.1 Å². The first-order valence-electron chi connectivity index (χ1n) is 4.69. The molecule has 0 aromatic heterocycles. The molecule has 1 aromatic rings. The lowest BCUT2D eigenvalue weighted by Crippen LogP contribution is -2.21. The summed E-state index contributed by atoms with van der Waals surface area (Å²) in [6.07, 6.45) is -4.51. The van der Waals surface area contributed by atoms with Crippen LogP contribution >= 0.6 is 0 Å². The predicted molar refractivity (Wildman–Crippen MR) is 52.0 cm³/mol. The molecule has 6 heteroatoms. The number of halogens is 4. The normalized spacial score (nSPS) is 13.9. The van der Waals surface area contributed by atoms with Gasteiger partial charge in [-0.3, -0.25) is 0 Å². The largest absolute Gasteiger partial charge is 0.416 e. The highest BCUT2D eigenvalue weighted by atomic mass is 19.4. The molecular formula is C10H12F4N2. The molecule has 4 N–H and O–H groups in total. The van der Waals surface area contributed by atoms with Crippen molar-refractivity contribution in [3.05, 3.63) is 35.1 Å². The number of hydrogen-bond acceptors (Lipinski definition) is 2. The standard InChI is InChI=1S/C10H12F4N2/c11-7-3-1-2-6(10(12,13)14)9(7)8(16)4-5-15/h1-3,8H,4-5,15-16H2/t8-/m0/s1. The van der Waals surface area contributed by atoms with Crippen molar-refractivity contribution in [2.75, 3.05) is 6.54 Å². The van der Waals surface area contributed by atoms with Crippen LogP contribution in [0.1, 0.15) is 23.6 Å². The molecule has 1 atom stereocenters. The van der Waals surface area contributed by atoms with E-state index < -0.39 is 29.2 Å². The van der Waals surface area contributed by atoms with Gasteiger partial charge in [-0.1, -0.05) is 6.07 Å². The SMILES string of the molecule is NCC[C@H](N)c1c(F)cccc1C(F)(F)F. The van der Waals surface area contributed by atoms with E-state index in [4.69, 9.17) is 11.5 Å². The maximum absolute atomic E-state index is 13.3. The molecule has 0 saturated carbocycles. The average molecular weight is 236 g/mol. The molecule has 90 valence electrons. The van der Waals surface area contributed by atoms with E-state index in [9.17, 15) is 17.6 Å². The third-order valence-corrected chi connectivity index (χ3v) is 2.21. The molecule has 0 fully saturated rings. The second-order valence-corrected chi connectivity index (χ2v) is 3.38. The third kappa shape index (κ3) is 2.70. The van der Waals surface area contributed by atoms with Crippen LogP contribution in [0.3, 0.4) is 0 Å². The van der Waals surface area contributed by atoms with Crippen LogP contribution in [0.15, 0.2) is 18.2 Å². The van der Waals surface area contributed by atoms with Crippen LogP contribution in [0.4, 0.5) is 17.6 Å². The molecule has 0 heterocycles. The van der Waals surface area contributed by atoms with Gasteiger partial charge in [-0.2, -0.15) is 13.2 Å². The first kappa shape index (κ1) is 12.9. The summed E-state index contributed by atoms with van der Waals surface area (Å²) >= 11 is 0. The summed E-state index contributed by atoms with van der Waals surface area (Å²) in [5.74, 6) is -0.948. The van der Waals surface area contributed by atoms with Crippen molar-refractivity contribution in [1.29, 1.82) is 0 Å². The van der Waals surface area contributed by atoms with E-state index in [0.29, 0.717) is 0 Å². The van der Waals surface area contributed by atoms with Crippen LogP contribution in [0.25, 0.3) is 0 Å². The highest BCUT2D eigenvalue weighted by molar-refractivity contribution is 5.33. The Morgan fingerprint density at radius 1 is 1.25 bits per heavy atom. The second kappa shape index (κ2) is 4.80. The molecule has 0 amide bonds. The molecule has 1 rings (SSSR count). The third-order valence-electron chi connectivity index (χ3n) is 2.21. The fourth-order valence-electron chi connectivity index (χ4n) is 1.48. The minimum Gasteiger partial charge on any atom is -0.330 e. The molecule has 0 radical (unpaired) electrons. The Bertz CT molecular complexity index is 362. The van der Waals surface area contributed by atoms with Gasteiger partial charge in [0.15, 0.2) is 0 Å². The van der Waals surface area contributed by atoms with Crippen molar-refractivity contribution in [3.63, 3.8) is 0 Å². The first-order valence-corrected chi connectivity index (χ1v) is 4.69. The molecule has 2 nitrogen and oxygen atoms in total. The van der Waals surface area contributed by atoms with Crippen molar-refractivity contribution in [2.45, 2.75) is 18.6 Å². The van der Waals surface area contributed by atoms with Gasteiger partial charge in [0.25, 0.3) is 0 Å². The minimum atomic E-state index is -4.61. The fourth-order valence-corrected chi connectivity index (χ4v) is 1.48. The predicted octanol–water partition coefficient (Wildman–Crippen LogP) is 2.19. The van der Waals surface area contributed by atoms with Crippen LogP contribution in [0.5, 0.6) is 0 Å². The molecule has 0 unspecified atom stereocenters. The Morgan fingerprint density at radius 3 is 2.38 bits per heavy atom. The van der Waals surface area contributed by atoms with Gasteiger partial charge >= 0.3 is 6.18 Å². The van der Waals surface area contributed by atoms with Crippen molar-refractivity contribution in [1.82, 2.24) is 0 Å². The van der Waals surface area contributed by atoms with E-state index in [-0.39, 0.29) is 13.0 Å². The van der Waals surface area contributed by atoms with E-state index in [2.05, 4.69) is 0 Å². The van der Waals surface area contributed by atoms with Gasteiger partial charge in [-0.15, -0.1) is 0 Å². The summed E-state index contributed by atoms with van der Waals surface area (Å²) in [7, 11) is 0. The van der Waals surface area contributed by atoms with Crippen LogP contribution in [0.2, 0.25) is 0 Å². The zero-order valence-electron chi connectivity index (χ0n) is 8.39. The zero-order valence-corrected chi connectivity index (χ0v) is 8.39. The van der Waals surface area contributed by atoms with Gasteiger partial charge in [0, 0.05) is 11.6 Å². The van der Waals surface area contributed by atoms with Crippen molar-refractivity contribution in [3.8, 4) is 0 Å². The lowest BCUT2D eigenvalue weighted by atomic mass is 9.97. The van der Waals surface area contributed by atoms with Gasteiger partial charge in [0.05, 0.1) is 5.56 Å². The monoisotopic (exact) mass is 236 g/mol. The van der Waals surface area contributed by atoms with E-state index >= 15 is 0 Å². The smallest absolute Gasteiger partial charge is 0.330 e. The lowest BCUT2D eigenvalue weighted by molar-refractivity contribution is -0.138. The second-order valence-electron chi connectivity index (χ2n) is 3.38. The lowest BCUT2D eigenvalue weighted by Gasteiger charge is -2.18. The number of nitrogens with two attached hydrogens (primary N) is 2. The van der Waals surface area contributed by atoms with Gasteiger partial charge in [0.1, 0.15) is 5.82 Å². The highest BCUT2D eigenvalue weighted by Crippen LogP contribution is 2.35. The van der Waals surface area contributed by atoms with Gasteiger partial charge < -0.3 is 11.5 Å². The summed E-state index contributed by atoms with van der Waals surface area (Å²) in [5.41, 5.74) is 9.13. The molecule has 0 aliphatic rings. The maximum atomic E-state index is 13.3. The zero-order chi connectivity index (χ0) is 12.3. The summed E-state index contributed by atoms with van der Waals surface area (Å²) in [6, 6.07) is 1.75. The fraction of sp³-hybridized carbons (Fsp3) is 0.400. The minimum absolute atomic E-state index is 0.101. The van der Waals surface area contributed by atoms with Crippen molar-refractivity contribution < 1.29 is 17.6 Å². The van der Waals surface area contributed by atoms with Crippen LogP contribution < -0.4 is 11.5 Å². The van der Waals surface area contributed by atoms with Gasteiger partial charge in [-0.25, -0.2) is 4.39 Å². The van der Waals surface area contributed by atoms with Crippen LogP contribution in [-0.4, -0.2) is 6.54 Å². The molecule has 0 spiro atoms.